The molecule has 9 aromatic carbocycles. The van der Waals surface area contributed by atoms with Gasteiger partial charge in [0.2, 0.25) is 0 Å². The zero-order chi connectivity index (χ0) is 46.4. The molecule has 0 fully saturated rings. The normalized spacial score (nSPS) is 13.2. The first kappa shape index (κ1) is 28.7. The van der Waals surface area contributed by atoms with Gasteiger partial charge in [0, 0.05) is 49.0 Å². The molecule has 0 saturated carbocycles. The van der Waals surface area contributed by atoms with Crippen molar-refractivity contribution in [2.24, 2.45) is 0 Å². The monoisotopic (exact) mass is 799 g/mol. The van der Waals surface area contributed by atoms with Gasteiger partial charge in [0.1, 0.15) is 0 Å². The maximum absolute atomic E-state index is 9.18. The van der Waals surface area contributed by atoms with Gasteiger partial charge >= 0.3 is 0 Å². The molecule has 0 aliphatic carbocycles. The summed E-state index contributed by atoms with van der Waals surface area (Å²) in [6, 6.07) is 59.4. The zero-order valence-electron chi connectivity index (χ0n) is 39.5. The molecule has 0 radical (unpaired) electrons. The summed E-state index contributed by atoms with van der Waals surface area (Å²) in [5.74, 6) is 0. The quantitative estimate of drug-likeness (QED) is 0.157. The highest BCUT2D eigenvalue weighted by Crippen LogP contribution is 2.54. The molecule has 0 N–H and O–H groups in total. The average molecular weight is 800 g/mol. The first-order chi connectivity index (χ1) is 33.2. The fourth-order valence-electron chi connectivity index (χ4n) is 8.83. The van der Waals surface area contributed by atoms with Crippen LogP contribution < -0.4 is 0 Å². The van der Waals surface area contributed by atoms with Crippen molar-refractivity contribution in [3.63, 3.8) is 0 Å². The summed E-state index contributed by atoms with van der Waals surface area (Å²) in [5.41, 5.74) is 9.67. The minimum absolute atomic E-state index is 0.00281. The van der Waals surface area contributed by atoms with Gasteiger partial charge in [-0.05, 0) is 78.3 Å². The van der Waals surface area contributed by atoms with Gasteiger partial charge in [0.25, 0.3) is 0 Å². The van der Waals surface area contributed by atoms with Crippen molar-refractivity contribution >= 4 is 65.5 Å². The number of pyridine rings is 2. The Morgan fingerprint density at radius 3 is 1.67 bits per heavy atom. The van der Waals surface area contributed by atoms with Crippen LogP contribution in [0.5, 0.6) is 0 Å². The highest BCUT2D eigenvalue weighted by molar-refractivity contribution is 7.20. The van der Waals surface area contributed by atoms with Gasteiger partial charge in [-0.25, -0.2) is 4.98 Å². The molecule has 0 spiro atoms. The fraction of sp³-hybridized carbons (Fsp3) is 0. The van der Waals surface area contributed by atoms with Gasteiger partial charge in [-0.2, -0.15) is 0 Å². The molecule has 0 unspecified atom stereocenters. The number of aromatic nitrogens is 2. The van der Waals surface area contributed by atoms with E-state index >= 15 is 0 Å². The Bertz CT molecular complexity index is 4040. The maximum Gasteiger partial charge on any atom is 0.0972 e. The second-order valence-electron chi connectivity index (χ2n) is 15.1. The number of hydrogen-bond acceptors (Lipinski definition) is 3. The lowest BCUT2D eigenvalue weighted by Crippen LogP contribution is -1.91. The van der Waals surface area contributed by atoms with E-state index in [1.807, 2.05) is 47.7 Å². The minimum Gasteiger partial charge on any atom is -0.254 e. The van der Waals surface area contributed by atoms with E-state index in [0.717, 1.165) is 44.2 Å². The van der Waals surface area contributed by atoms with Crippen LogP contribution >= 0.6 is 11.3 Å². The predicted octanol–water partition coefficient (Wildman–Crippen LogP) is 16.3. The van der Waals surface area contributed by atoms with E-state index in [2.05, 4.69) is 145 Å². The smallest absolute Gasteiger partial charge is 0.0972 e. The van der Waals surface area contributed by atoms with Crippen LogP contribution in [0.3, 0.4) is 0 Å². The van der Waals surface area contributed by atoms with Crippen LogP contribution in [0.2, 0.25) is 0 Å². The number of rotatable bonds is 6. The minimum atomic E-state index is -0.461. The highest BCUT2D eigenvalue weighted by atomic mass is 32.1. The van der Waals surface area contributed by atoms with Crippen molar-refractivity contribution in [2.45, 2.75) is 0 Å². The van der Waals surface area contributed by atoms with E-state index < -0.39 is 18.3 Å². The van der Waals surface area contributed by atoms with Crippen molar-refractivity contribution < 1.29 is 9.60 Å². The van der Waals surface area contributed by atoms with Crippen molar-refractivity contribution in [3.8, 4) is 65.5 Å². The van der Waals surface area contributed by atoms with E-state index in [1.54, 1.807) is 0 Å². The molecule has 3 heterocycles. The fourth-order valence-corrected chi connectivity index (χ4v) is 10.2. The lowest BCUT2D eigenvalue weighted by Gasteiger charge is -2.15. The summed E-state index contributed by atoms with van der Waals surface area (Å²) in [6.45, 7) is 0. The van der Waals surface area contributed by atoms with Crippen LogP contribution in [-0.4, -0.2) is 9.97 Å². The van der Waals surface area contributed by atoms with Crippen molar-refractivity contribution in [1.29, 1.82) is 0 Å². The summed E-state index contributed by atoms with van der Waals surface area (Å²) >= 11 is 1.83. The molecule has 2 nitrogen and oxygen atoms in total. The van der Waals surface area contributed by atoms with Crippen molar-refractivity contribution in [1.82, 2.24) is 9.97 Å². The SMILES string of the molecule is [2H]c1nc2c(c([2H])c1[2H])c([2H])c([2H])c1c([2H])c([2H])c(-c3ccc(-c4ccc(-c5c(-c6ccccc6)sc(-c6cc7ccccc7c7ccccc67)c5-c5ccccc5)cc4)c4ccccc34)nc12. The van der Waals surface area contributed by atoms with Crippen molar-refractivity contribution in [3.05, 3.63) is 218 Å². The van der Waals surface area contributed by atoms with Gasteiger partial charge in [-0.1, -0.05) is 194 Å². The summed E-state index contributed by atoms with van der Waals surface area (Å²) in [7, 11) is 0. The third kappa shape index (κ3) is 5.93. The van der Waals surface area contributed by atoms with E-state index in [1.165, 1.54) is 42.4 Å². The molecular weight excluding hydrogens is 757 g/mol. The average Bonchev–Trinajstić information content (AvgIpc) is 3.78. The number of fused-ring (bicyclic) bond motifs is 7. The molecular formula is C58H36N2S. The van der Waals surface area contributed by atoms with Crippen LogP contribution in [0.1, 0.15) is 9.60 Å². The lowest BCUT2D eigenvalue weighted by atomic mass is 9.88. The molecule has 0 amide bonds. The Labute approximate surface area is 367 Å². The molecule has 61 heavy (non-hydrogen) atoms. The molecule has 0 bridgehead atoms. The summed E-state index contributed by atoms with van der Waals surface area (Å²) in [6.07, 6.45) is -0.461. The van der Waals surface area contributed by atoms with Gasteiger partial charge < -0.3 is 0 Å². The Kier molecular flexibility index (Phi) is 6.83. The number of hydrogen-bond donors (Lipinski definition) is 0. The van der Waals surface area contributed by atoms with Gasteiger partial charge in [-0.15, -0.1) is 11.3 Å². The second-order valence-corrected chi connectivity index (χ2v) is 16.1. The Hall–Kier alpha value is -7.72. The molecule has 3 aromatic heterocycles. The lowest BCUT2D eigenvalue weighted by molar-refractivity contribution is 1.37. The summed E-state index contributed by atoms with van der Waals surface area (Å²) in [4.78, 5) is 11.5. The largest absolute Gasteiger partial charge is 0.254 e. The maximum atomic E-state index is 9.18. The Morgan fingerprint density at radius 1 is 0.377 bits per heavy atom. The molecule has 12 rings (SSSR count). The molecule has 3 heteroatoms. The van der Waals surface area contributed by atoms with Crippen LogP contribution in [0.25, 0.3) is 120 Å². The van der Waals surface area contributed by atoms with E-state index in [4.69, 9.17) is 13.2 Å². The first-order valence-electron chi connectivity index (χ1n) is 23.7. The molecule has 284 valence electrons. The van der Waals surface area contributed by atoms with Crippen LogP contribution in [0.4, 0.5) is 0 Å². The number of nitrogens with zero attached hydrogens (tertiary/aromatic N) is 2. The molecule has 0 atom stereocenters. The van der Waals surface area contributed by atoms with Crippen LogP contribution in [0.15, 0.2) is 218 Å². The van der Waals surface area contributed by atoms with Gasteiger partial charge in [0.15, 0.2) is 0 Å². The first-order valence-corrected chi connectivity index (χ1v) is 21.0. The van der Waals surface area contributed by atoms with E-state index in [-0.39, 0.29) is 51.7 Å². The van der Waals surface area contributed by atoms with Crippen LogP contribution in [0, 0.1) is 0 Å². The second kappa shape index (κ2) is 14.5. The topological polar surface area (TPSA) is 25.8 Å². The molecule has 0 aliphatic heterocycles. The van der Waals surface area contributed by atoms with E-state index in [9.17, 15) is 1.37 Å². The van der Waals surface area contributed by atoms with E-state index in [0.29, 0.717) is 5.56 Å². The Balaban J connectivity index is 1.04. The molecule has 12 aromatic rings. The number of thiophene rings is 1. The van der Waals surface area contributed by atoms with Gasteiger partial charge in [-0.3, -0.25) is 4.98 Å². The van der Waals surface area contributed by atoms with Gasteiger partial charge in [0.05, 0.1) is 26.3 Å². The Morgan fingerprint density at radius 2 is 0.918 bits per heavy atom. The zero-order valence-corrected chi connectivity index (χ0v) is 33.4. The third-order valence-corrected chi connectivity index (χ3v) is 12.9. The summed E-state index contributed by atoms with van der Waals surface area (Å²) in [5, 5.41) is 6.44. The summed E-state index contributed by atoms with van der Waals surface area (Å²) < 4.78 is 60.7. The van der Waals surface area contributed by atoms with Crippen molar-refractivity contribution in [2.75, 3.05) is 0 Å². The number of benzene rings is 9. The van der Waals surface area contributed by atoms with Crippen LogP contribution in [-0.2, 0) is 0 Å². The predicted molar refractivity (Wildman–Crippen MR) is 260 cm³/mol. The highest BCUT2D eigenvalue weighted by Gasteiger charge is 2.25. The molecule has 0 aliphatic rings. The molecule has 0 saturated heterocycles. The third-order valence-electron chi connectivity index (χ3n) is 11.6. The standard InChI is InChI=1S/C58H36N2S/c1-3-14-38(15-4-1)54-53(57(42-16-5-2-6-17-42)61-58(54)51-36-43-18-7-8-20-44(43)46-21-10-12-24-49(46)51)39-27-25-37(26-28-39)45-32-33-50(48-23-11-9-22-47(45)48)52-34-31-41-30-29-40-19-13-35-59-55(40)56(41)60-52/h1-36H/i13D,19D,29D,30D,31D,34D,35D.